The average molecular weight is 276 g/mol. The SMILES string of the molecule is CCOc1ccc(C(O)Cc2ccc(CC)s2)cc1. The van der Waals surface area contributed by atoms with Crippen LogP contribution in [0.5, 0.6) is 5.75 Å². The lowest BCUT2D eigenvalue weighted by molar-refractivity contribution is 0.179. The maximum Gasteiger partial charge on any atom is 0.119 e. The molecule has 1 aromatic heterocycles. The van der Waals surface area contributed by atoms with Gasteiger partial charge in [0.05, 0.1) is 12.7 Å². The fourth-order valence-electron chi connectivity index (χ4n) is 1.98. The van der Waals surface area contributed by atoms with Gasteiger partial charge >= 0.3 is 0 Å². The number of hydrogen-bond donors (Lipinski definition) is 1. The highest BCUT2D eigenvalue weighted by Crippen LogP contribution is 2.25. The first-order chi connectivity index (χ1) is 9.22. The van der Waals surface area contributed by atoms with Crippen molar-refractivity contribution in [1.29, 1.82) is 0 Å². The Morgan fingerprint density at radius 2 is 1.74 bits per heavy atom. The van der Waals surface area contributed by atoms with E-state index in [0.29, 0.717) is 13.0 Å². The molecule has 0 amide bonds. The highest BCUT2D eigenvalue weighted by Gasteiger charge is 2.10. The zero-order chi connectivity index (χ0) is 13.7. The number of benzene rings is 1. The van der Waals surface area contributed by atoms with Crippen molar-refractivity contribution in [3.63, 3.8) is 0 Å². The molecular weight excluding hydrogens is 256 g/mol. The van der Waals surface area contributed by atoms with E-state index in [2.05, 4.69) is 19.1 Å². The molecule has 0 bridgehead atoms. The van der Waals surface area contributed by atoms with Gasteiger partial charge in [0.15, 0.2) is 0 Å². The Labute approximate surface area is 118 Å². The van der Waals surface area contributed by atoms with Crippen molar-refractivity contribution in [2.45, 2.75) is 32.8 Å². The van der Waals surface area contributed by atoms with E-state index in [4.69, 9.17) is 4.74 Å². The quantitative estimate of drug-likeness (QED) is 0.864. The fourth-order valence-corrected chi connectivity index (χ4v) is 2.98. The molecule has 0 radical (unpaired) electrons. The molecule has 0 saturated heterocycles. The van der Waals surface area contributed by atoms with E-state index in [1.165, 1.54) is 9.75 Å². The summed E-state index contributed by atoms with van der Waals surface area (Å²) in [7, 11) is 0. The molecule has 1 heterocycles. The summed E-state index contributed by atoms with van der Waals surface area (Å²) in [4.78, 5) is 2.60. The molecule has 1 N–H and O–H groups in total. The summed E-state index contributed by atoms with van der Waals surface area (Å²) in [5.74, 6) is 0.850. The Hall–Kier alpha value is -1.32. The van der Waals surface area contributed by atoms with Crippen LogP contribution in [-0.4, -0.2) is 11.7 Å². The molecule has 0 saturated carbocycles. The summed E-state index contributed by atoms with van der Waals surface area (Å²) >= 11 is 1.78. The summed E-state index contributed by atoms with van der Waals surface area (Å²) in [6.45, 7) is 4.78. The minimum absolute atomic E-state index is 0.445. The van der Waals surface area contributed by atoms with Gasteiger partial charge in [-0.25, -0.2) is 0 Å². The third-order valence-electron chi connectivity index (χ3n) is 3.04. The molecule has 0 spiro atoms. The predicted octanol–water partition coefficient (Wildman–Crippen LogP) is 3.99. The zero-order valence-corrected chi connectivity index (χ0v) is 12.2. The number of aliphatic hydroxyl groups is 1. The first-order valence-corrected chi connectivity index (χ1v) is 7.53. The van der Waals surface area contributed by atoms with Crippen LogP contribution in [0.1, 0.15) is 35.3 Å². The molecule has 1 atom stereocenters. The maximum absolute atomic E-state index is 10.2. The number of ether oxygens (including phenoxy) is 1. The van der Waals surface area contributed by atoms with Crippen LogP contribution in [0.3, 0.4) is 0 Å². The van der Waals surface area contributed by atoms with Crippen LogP contribution >= 0.6 is 11.3 Å². The highest BCUT2D eigenvalue weighted by atomic mass is 32.1. The number of hydrogen-bond acceptors (Lipinski definition) is 3. The summed E-state index contributed by atoms with van der Waals surface area (Å²) < 4.78 is 5.40. The van der Waals surface area contributed by atoms with Crippen molar-refractivity contribution in [3.05, 3.63) is 51.7 Å². The summed E-state index contributed by atoms with van der Waals surface area (Å²) in [5.41, 5.74) is 0.940. The second kappa shape index (κ2) is 6.73. The normalized spacial score (nSPS) is 12.4. The van der Waals surface area contributed by atoms with E-state index in [1.807, 2.05) is 31.2 Å². The number of aliphatic hydroxyl groups excluding tert-OH is 1. The van der Waals surface area contributed by atoms with Crippen LogP contribution in [0.25, 0.3) is 0 Å². The minimum atomic E-state index is -0.445. The molecule has 2 nitrogen and oxygen atoms in total. The molecule has 0 fully saturated rings. The predicted molar refractivity (Wildman–Crippen MR) is 80.0 cm³/mol. The summed E-state index contributed by atoms with van der Waals surface area (Å²) in [5, 5.41) is 10.2. The number of rotatable bonds is 6. The standard InChI is InChI=1S/C16H20O2S/c1-3-14-9-10-15(19-14)11-16(17)12-5-7-13(8-6-12)18-4-2/h5-10,16-17H,3-4,11H2,1-2H3. The van der Waals surface area contributed by atoms with E-state index in [-0.39, 0.29) is 0 Å². The Morgan fingerprint density at radius 3 is 2.32 bits per heavy atom. The van der Waals surface area contributed by atoms with Gasteiger partial charge in [-0.15, -0.1) is 11.3 Å². The molecule has 102 valence electrons. The van der Waals surface area contributed by atoms with E-state index in [0.717, 1.165) is 17.7 Å². The van der Waals surface area contributed by atoms with Crippen molar-refractivity contribution in [2.75, 3.05) is 6.61 Å². The second-order valence-electron chi connectivity index (χ2n) is 4.44. The molecule has 0 aliphatic heterocycles. The Kier molecular flexibility index (Phi) is 5.00. The molecule has 0 aliphatic carbocycles. The van der Waals surface area contributed by atoms with E-state index in [1.54, 1.807) is 11.3 Å². The summed E-state index contributed by atoms with van der Waals surface area (Å²) in [6, 6.07) is 11.9. The molecule has 0 aliphatic rings. The topological polar surface area (TPSA) is 29.5 Å². The van der Waals surface area contributed by atoms with Gasteiger partial charge in [-0.05, 0) is 43.2 Å². The maximum atomic E-state index is 10.2. The Balaban J connectivity index is 2.00. The van der Waals surface area contributed by atoms with Gasteiger partial charge in [0.2, 0.25) is 0 Å². The second-order valence-corrected chi connectivity index (χ2v) is 5.70. The molecule has 3 heteroatoms. The largest absolute Gasteiger partial charge is 0.494 e. The molecular formula is C16H20O2S. The van der Waals surface area contributed by atoms with Crippen molar-refractivity contribution >= 4 is 11.3 Å². The highest BCUT2D eigenvalue weighted by molar-refractivity contribution is 7.11. The molecule has 2 rings (SSSR count). The zero-order valence-electron chi connectivity index (χ0n) is 11.4. The van der Waals surface area contributed by atoms with Crippen molar-refractivity contribution in [3.8, 4) is 5.75 Å². The van der Waals surface area contributed by atoms with Gasteiger partial charge < -0.3 is 9.84 Å². The molecule has 2 aromatic rings. The van der Waals surface area contributed by atoms with E-state index < -0.39 is 6.10 Å². The van der Waals surface area contributed by atoms with Crippen LogP contribution in [0.4, 0.5) is 0 Å². The lowest BCUT2D eigenvalue weighted by Gasteiger charge is -2.11. The summed E-state index contributed by atoms with van der Waals surface area (Å²) in [6.07, 6.45) is 1.29. The average Bonchev–Trinajstić information content (AvgIpc) is 2.87. The first-order valence-electron chi connectivity index (χ1n) is 6.71. The van der Waals surface area contributed by atoms with Crippen LogP contribution < -0.4 is 4.74 Å². The van der Waals surface area contributed by atoms with E-state index >= 15 is 0 Å². The molecule has 1 aromatic carbocycles. The van der Waals surface area contributed by atoms with Crippen molar-refractivity contribution < 1.29 is 9.84 Å². The van der Waals surface area contributed by atoms with E-state index in [9.17, 15) is 5.11 Å². The van der Waals surface area contributed by atoms with Crippen LogP contribution in [0, 0.1) is 0 Å². The smallest absolute Gasteiger partial charge is 0.119 e. The third-order valence-corrected chi connectivity index (χ3v) is 4.29. The van der Waals surface area contributed by atoms with Crippen LogP contribution in [-0.2, 0) is 12.8 Å². The van der Waals surface area contributed by atoms with Crippen LogP contribution in [0.2, 0.25) is 0 Å². The van der Waals surface area contributed by atoms with Gasteiger partial charge in [-0.2, -0.15) is 0 Å². The lowest BCUT2D eigenvalue weighted by atomic mass is 10.1. The number of thiophene rings is 1. The Bertz CT molecular complexity index is 502. The lowest BCUT2D eigenvalue weighted by Crippen LogP contribution is -2.00. The van der Waals surface area contributed by atoms with Gasteiger partial charge in [0, 0.05) is 16.2 Å². The van der Waals surface area contributed by atoms with Gasteiger partial charge in [-0.1, -0.05) is 19.1 Å². The Morgan fingerprint density at radius 1 is 1.05 bits per heavy atom. The fraction of sp³-hybridized carbons (Fsp3) is 0.375. The first kappa shape index (κ1) is 14.1. The molecule has 1 unspecified atom stereocenters. The van der Waals surface area contributed by atoms with Crippen LogP contribution in [0.15, 0.2) is 36.4 Å². The third kappa shape index (κ3) is 3.82. The molecule has 19 heavy (non-hydrogen) atoms. The van der Waals surface area contributed by atoms with Crippen molar-refractivity contribution in [1.82, 2.24) is 0 Å². The number of aryl methyl sites for hydroxylation is 1. The van der Waals surface area contributed by atoms with Crippen molar-refractivity contribution in [2.24, 2.45) is 0 Å². The minimum Gasteiger partial charge on any atom is -0.494 e. The van der Waals surface area contributed by atoms with Gasteiger partial charge in [0.1, 0.15) is 5.75 Å². The van der Waals surface area contributed by atoms with Gasteiger partial charge in [-0.3, -0.25) is 0 Å². The monoisotopic (exact) mass is 276 g/mol. The van der Waals surface area contributed by atoms with Gasteiger partial charge in [0.25, 0.3) is 0 Å².